The number of thioether (sulfide) groups is 1. The highest BCUT2D eigenvalue weighted by Gasteiger charge is 2.10. The Hall–Kier alpha value is -0.0300. The lowest BCUT2D eigenvalue weighted by atomic mass is 10.1. The van der Waals surface area contributed by atoms with Crippen molar-refractivity contribution in [3.63, 3.8) is 0 Å². The summed E-state index contributed by atoms with van der Waals surface area (Å²) in [6.07, 6.45) is 0. The van der Waals surface area contributed by atoms with E-state index in [-0.39, 0.29) is 0 Å². The standard InChI is InChI=1S/C15H25BrN2S/c1-5-18(6-2)9-10-19-15-8-7-13(16)11-14(15)12(3)17-4/h7-8,11-12,17H,5-6,9-10H2,1-4H3. The van der Waals surface area contributed by atoms with Crippen molar-refractivity contribution in [2.75, 3.05) is 32.4 Å². The molecule has 0 aliphatic rings. The summed E-state index contributed by atoms with van der Waals surface area (Å²) in [5.41, 5.74) is 1.38. The lowest BCUT2D eigenvalue weighted by Crippen LogP contribution is -2.25. The van der Waals surface area contributed by atoms with Crippen LogP contribution in [-0.2, 0) is 0 Å². The molecule has 1 aromatic rings. The number of nitrogens with zero attached hydrogens (tertiary/aromatic N) is 1. The second-order valence-electron chi connectivity index (χ2n) is 4.57. The predicted octanol–water partition coefficient (Wildman–Crippen LogP) is 4.16. The molecule has 1 atom stereocenters. The smallest absolute Gasteiger partial charge is 0.0300 e. The third-order valence-corrected chi connectivity index (χ3v) is 4.99. The van der Waals surface area contributed by atoms with Crippen LogP contribution in [0.5, 0.6) is 0 Å². The fourth-order valence-electron chi connectivity index (χ4n) is 1.97. The van der Waals surface area contributed by atoms with E-state index in [1.165, 1.54) is 10.5 Å². The summed E-state index contributed by atoms with van der Waals surface area (Å²) in [7, 11) is 2.01. The van der Waals surface area contributed by atoms with Crippen molar-refractivity contribution in [1.29, 1.82) is 0 Å². The van der Waals surface area contributed by atoms with Crippen LogP contribution in [0.15, 0.2) is 27.6 Å². The Balaban J connectivity index is 2.67. The van der Waals surface area contributed by atoms with Crippen LogP contribution >= 0.6 is 27.7 Å². The molecule has 4 heteroatoms. The van der Waals surface area contributed by atoms with Gasteiger partial charge in [0.25, 0.3) is 0 Å². The maximum atomic E-state index is 3.56. The molecule has 19 heavy (non-hydrogen) atoms. The summed E-state index contributed by atoms with van der Waals surface area (Å²) in [5, 5.41) is 3.33. The first-order valence-electron chi connectivity index (χ1n) is 6.94. The van der Waals surface area contributed by atoms with Gasteiger partial charge in [-0.15, -0.1) is 11.8 Å². The molecule has 0 heterocycles. The molecule has 108 valence electrons. The molecule has 0 amide bonds. The molecule has 1 N–H and O–H groups in total. The molecule has 0 aromatic heterocycles. The highest BCUT2D eigenvalue weighted by Crippen LogP contribution is 2.30. The number of rotatable bonds is 8. The Labute approximate surface area is 130 Å². The Morgan fingerprint density at radius 2 is 2.00 bits per heavy atom. The molecule has 0 aliphatic carbocycles. The predicted molar refractivity (Wildman–Crippen MR) is 90.1 cm³/mol. The maximum absolute atomic E-state index is 3.56. The van der Waals surface area contributed by atoms with Crippen LogP contribution in [0.2, 0.25) is 0 Å². The zero-order valence-corrected chi connectivity index (χ0v) is 14.8. The Morgan fingerprint density at radius 1 is 1.32 bits per heavy atom. The van der Waals surface area contributed by atoms with Gasteiger partial charge in [-0.3, -0.25) is 0 Å². The Morgan fingerprint density at radius 3 is 2.58 bits per heavy atom. The van der Waals surface area contributed by atoms with Crippen LogP contribution < -0.4 is 5.32 Å². The highest BCUT2D eigenvalue weighted by molar-refractivity contribution is 9.10. The molecular formula is C15H25BrN2S. The van der Waals surface area contributed by atoms with Crippen LogP contribution in [0.1, 0.15) is 32.4 Å². The van der Waals surface area contributed by atoms with E-state index in [9.17, 15) is 0 Å². The summed E-state index contributed by atoms with van der Waals surface area (Å²) in [6.45, 7) is 10.1. The normalized spacial score (nSPS) is 12.9. The number of hydrogen-bond acceptors (Lipinski definition) is 3. The van der Waals surface area contributed by atoms with Crippen molar-refractivity contribution >= 4 is 27.7 Å². The third kappa shape index (κ3) is 5.46. The first kappa shape index (κ1) is 17.0. The van der Waals surface area contributed by atoms with Gasteiger partial charge >= 0.3 is 0 Å². The fraction of sp³-hybridized carbons (Fsp3) is 0.600. The van der Waals surface area contributed by atoms with E-state index in [4.69, 9.17) is 0 Å². The highest BCUT2D eigenvalue weighted by atomic mass is 79.9. The minimum atomic E-state index is 0.383. The van der Waals surface area contributed by atoms with Crippen molar-refractivity contribution in [2.24, 2.45) is 0 Å². The summed E-state index contributed by atoms with van der Waals surface area (Å²) < 4.78 is 1.15. The van der Waals surface area contributed by atoms with Crippen molar-refractivity contribution in [3.8, 4) is 0 Å². The van der Waals surface area contributed by atoms with Crippen LogP contribution in [0.4, 0.5) is 0 Å². The van der Waals surface area contributed by atoms with Gasteiger partial charge in [0, 0.05) is 27.7 Å². The second kappa shape index (κ2) is 9.01. The molecule has 0 spiro atoms. The number of halogens is 1. The topological polar surface area (TPSA) is 15.3 Å². The monoisotopic (exact) mass is 344 g/mol. The summed E-state index contributed by atoms with van der Waals surface area (Å²) in [5.74, 6) is 1.15. The lowest BCUT2D eigenvalue weighted by molar-refractivity contribution is 0.324. The average Bonchev–Trinajstić information content (AvgIpc) is 2.44. The van der Waals surface area contributed by atoms with Crippen molar-refractivity contribution in [1.82, 2.24) is 10.2 Å². The minimum absolute atomic E-state index is 0.383. The van der Waals surface area contributed by atoms with Crippen molar-refractivity contribution < 1.29 is 0 Å². The maximum Gasteiger partial charge on any atom is 0.0300 e. The van der Waals surface area contributed by atoms with E-state index in [0.29, 0.717) is 6.04 Å². The van der Waals surface area contributed by atoms with Crippen molar-refractivity contribution in [3.05, 3.63) is 28.2 Å². The van der Waals surface area contributed by atoms with Gasteiger partial charge in [-0.05, 0) is 50.8 Å². The van der Waals surface area contributed by atoms with Gasteiger partial charge in [0.15, 0.2) is 0 Å². The molecule has 0 aliphatic heterocycles. The second-order valence-corrected chi connectivity index (χ2v) is 6.62. The quantitative estimate of drug-likeness (QED) is 0.712. The number of benzene rings is 1. The molecular weight excluding hydrogens is 320 g/mol. The summed E-state index contributed by atoms with van der Waals surface area (Å²) in [6, 6.07) is 6.96. The SMILES string of the molecule is CCN(CC)CCSc1ccc(Br)cc1C(C)NC. The molecule has 0 fully saturated rings. The Bertz CT molecular complexity index is 380. The van der Waals surface area contributed by atoms with Crippen LogP contribution in [0.25, 0.3) is 0 Å². The van der Waals surface area contributed by atoms with E-state index in [1.54, 1.807) is 0 Å². The number of nitrogens with one attached hydrogen (secondary N) is 1. The molecule has 0 saturated carbocycles. The van der Waals surface area contributed by atoms with E-state index in [1.807, 2.05) is 18.8 Å². The summed E-state index contributed by atoms with van der Waals surface area (Å²) in [4.78, 5) is 3.85. The molecule has 0 radical (unpaired) electrons. The zero-order valence-electron chi connectivity index (χ0n) is 12.4. The molecule has 1 aromatic carbocycles. The van der Waals surface area contributed by atoms with Gasteiger partial charge in [-0.1, -0.05) is 29.8 Å². The van der Waals surface area contributed by atoms with Gasteiger partial charge in [0.1, 0.15) is 0 Å². The van der Waals surface area contributed by atoms with Gasteiger partial charge in [-0.2, -0.15) is 0 Å². The van der Waals surface area contributed by atoms with Crippen LogP contribution in [0, 0.1) is 0 Å². The molecule has 1 unspecified atom stereocenters. The first-order valence-corrected chi connectivity index (χ1v) is 8.72. The van der Waals surface area contributed by atoms with E-state index >= 15 is 0 Å². The largest absolute Gasteiger partial charge is 0.313 e. The van der Waals surface area contributed by atoms with Crippen LogP contribution in [-0.4, -0.2) is 37.3 Å². The molecule has 1 rings (SSSR count). The van der Waals surface area contributed by atoms with E-state index < -0.39 is 0 Å². The fourth-order valence-corrected chi connectivity index (χ4v) is 3.48. The third-order valence-electron chi connectivity index (χ3n) is 3.43. The lowest BCUT2D eigenvalue weighted by Gasteiger charge is -2.19. The molecule has 0 saturated heterocycles. The van der Waals surface area contributed by atoms with Gasteiger partial charge < -0.3 is 10.2 Å². The Kier molecular flexibility index (Phi) is 8.07. The molecule has 0 bridgehead atoms. The average molecular weight is 345 g/mol. The van der Waals surface area contributed by atoms with Crippen LogP contribution in [0.3, 0.4) is 0 Å². The van der Waals surface area contributed by atoms with Gasteiger partial charge in [0.2, 0.25) is 0 Å². The van der Waals surface area contributed by atoms with E-state index in [0.717, 1.165) is 29.9 Å². The van der Waals surface area contributed by atoms with Gasteiger partial charge in [0.05, 0.1) is 0 Å². The zero-order chi connectivity index (χ0) is 14.3. The van der Waals surface area contributed by atoms with E-state index in [2.05, 4.69) is 65.1 Å². The first-order chi connectivity index (χ1) is 9.12. The van der Waals surface area contributed by atoms with Gasteiger partial charge in [-0.25, -0.2) is 0 Å². The van der Waals surface area contributed by atoms with Crippen molar-refractivity contribution in [2.45, 2.75) is 31.7 Å². The summed E-state index contributed by atoms with van der Waals surface area (Å²) >= 11 is 5.52. The minimum Gasteiger partial charge on any atom is -0.313 e. The number of hydrogen-bond donors (Lipinski definition) is 1. The molecule has 2 nitrogen and oxygen atoms in total.